The first-order valence-corrected chi connectivity index (χ1v) is 9.20. The van der Waals surface area contributed by atoms with Gasteiger partial charge in [-0.3, -0.25) is 9.59 Å². The minimum absolute atomic E-state index is 0.199. The van der Waals surface area contributed by atoms with Crippen molar-refractivity contribution in [2.24, 2.45) is 5.73 Å². The number of carbonyl (C=O) groups is 2. The van der Waals surface area contributed by atoms with E-state index in [1.807, 2.05) is 0 Å². The summed E-state index contributed by atoms with van der Waals surface area (Å²) in [6.07, 6.45) is -0.266. The lowest BCUT2D eigenvalue weighted by Crippen LogP contribution is -2.15. The summed E-state index contributed by atoms with van der Waals surface area (Å²) in [7, 11) is 1.44. The Hall–Kier alpha value is -3.71. The zero-order valence-corrected chi connectivity index (χ0v) is 16.3. The third-order valence-corrected chi connectivity index (χ3v) is 4.56. The maximum absolute atomic E-state index is 13.9. The van der Waals surface area contributed by atoms with E-state index in [-0.39, 0.29) is 13.0 Å². The number of amides is 1. The van der Waals surface area contributed by atoms with Crippen molar-refractivity contribution in [1.29, 1.82) is 0 Å². The second kappa shape index (κ2) is 9.19. The van der Waals surface area contributed by atoms with Gasteiger partial charge in [-0.2, -0.15) is 0 Å². The van der Waals surface area contributed by atoms with E-state index >= 15 is 0 Å². The van der Waals surface area contributed by atoms with E-state index in [0.717, 1.165) is 0 Å². The highest BCUT2D eigenvalue weighted by Crippen LogP contribution is 2.30. The van der Waals surface area contributed by atoms with Crippen molar-refractivity contribution in [3.05, 3.63) is 83.2 Å². The smallest absolute Gasteiger partial charge is 0.307 e. The van der Waals surface area contributed by atoms with Crippen LogP contribution < -0.4 is 15.8 Å². The first-order valence-electron chi connectivity index (χ1n) is 9.20. The topological polar surface area (TPSA) is 102 Å². The average Bonchev–Trinajstić information content (AvgIpc) is 2.74. The Balaban J connectivity index is 1.94. The summed E-state index contributed by atoms with van der Waals surface area (Å²) in [6.45, 7) is 0.199. The van der Waals surface area contributed by atoms with Crippen LogP contribution >= 0.6 is 0 Å². The number of hydrogen-bond donors (Lipinski definition) is 3. The number of carboxylic acid groups (broad SMARTS) is 1. The van der Waals surface area contributed by atoms with Gasteiger partial charge < -0.3 is 20.9 Å². The lowest BCUT2D eigenvalue weighted by molar-refractivity contribution is -0.136. The molecule has 3 rings (SSSR count). The fourth-order valence-electron chi connectivity index (χ4n) is 3.16. The molecule has 6 nitrogen and oxygen atoms in total. The van der Waals surface area contributed by atoms with Crippen molar-refractivity contribution in [1.82, 2.24) is 0 Å². The first kappa shape index (κ1) is 21.0. The van der Waals surface area contributed by atoms with Crippen LogP contribution in [0.4, 0.5) is 10.1 Å². The van der Waals surface area contributed by atoms with Gasteiger partial charge in [0.25, 0.3) is 5.91 Å². The van der Waals surface area contributed by atoms with Crippen LogP contribution in [0, 0.1) is 5.82 Å². The van der Waals surface area contributed by atoms with Crippen LogP contribution in [0.1, 0.15) is 21.5 Å². The predicted molar refractivity (Wildman–Crippen MR) is 112 cm³/mol. The Kier molecular flexibility index (Phi) is 6.44. The van der Waals surface area contributed by atoms with E-state index in [0.29, 0.717) is 39.3 Å². The molecule has 0 unspecified atom stereocenters. The fraction of sp³-hybridized carbons (Fsp3) is 0.130. The van der Waals surface area contributed by atoms with Gasteiger partial charge in [0.15, 0.2) is 0 Å². The van der Waals surface area contributed by atoms with Crippen LogP contribution in [0.3, 0.4) is 0 Å². The number of methoxy groups -OCH3 is 1. The van der Waals surface area contributed by atoms with E-state index in [2.05, 4.69) is 5.32 Å². The molecule has 1 amide bonds. The Morgan fingerprint density at radius 1 is 1.07 bits per heavy atom. The molecule has 0 atom stereocenters. The largest absolute Gasteiger partial charge is 0.495 e. The molecule has 0 aromatic heterocycles. The first-order chi connectivity index (χ1) is 14.4. The van der Waals surface area contributed by atoms with E-state index in [1.54, 1.807) is 48.5 Å². The summed E-state index contributed by atoms with van der Waals surface area (Å²) in [4.78, 5) is 24.1. The van der Waals surface area contributed by atoms with Crippen molar-refractivity contribution >= 4 is 17.6 Å². The number of carbonyl (C=O) groups excluding carboxylic acids is 1. The number of aliphatic carboxylic acids is 1. The second-order valence-electron chi connectivity index (χ2n) is 6.65. The van der Waals surface area contributed by atoms with Crippen molar-refractivity contribution in [3.8, 4) is 16.9 Å². The van der Waals surface area contributed by atoms with Crippen LogP contribution in [0.25, 0.3) is 11.1 Å². The van der Waals surface area contributed by atoms with Gasteiger partial charge in [-0.1, -0.05) is 24.3 Å². The van der Waals surface area contributed by atoms with E-state index in [1.165, 1.54) is 19.2 Å². The maximum atomic E-state index is 13.9. The molecule has 0 aliphatic heterocycles. The average molecular weight is 408 g/mol. The molecule has 154 valence electrons. The van der Waals surface area contributed by atoms with E-state index in [4.69, 9.17) is 15.6 Å². The molecule has 0 aliphatic carbocycles. The second-order valence-corrected chi connectivity index (χ2v) is 6.65. The quantitative estimate of drug-likeness (QED) is 0.551. The minimum atomic E-state index is -1.03. The van der Waals surface area contributed by atoms with Gasteiger partial charge in [0, 0.05) is 12.1 Å². The van der Waals surface area contributed by atoms with Gasteiger partial charge >= 0.3 is 5.97 Å². The van der Waals surface area contributed by atoms with Crippen LogP contribution in [0.15, 0.2) is 60.7 Å². The van der Waals surface area contributed by atoms with Gasteiger partial charge in [0.05, 0.1) is 19.2 Å². The van der Waals surface area contributed by atoms with Gasteiger partial charge in [-0.25, -0.2) is 4.39 Å². The third-order valence-electron chi connectivity index (χ3n) is 4.56. The van der Waals surface area contributed by atoms with Gasteiger partial charge in [0.2, 0.25) is 0 Å². The lowest BCUT2D eigenvalue weighted by Gasteiger charge is -2.14. The molecule has 0 aliphatic rings. The van der Waals surface area contributed by atoms with Crippen molar-refractivity contribution in [2.75, 3.05) is 12.4 Å². The van der Waals surface area contributed by atoms with Gasteiger partial charge in [-0.05, 0) is 58.7 Å². The van der Waals surface area contributed by atoms with Crippen LogP contribution in [-0.2, 0) is 17.8 Å². The molecule has 0 saturated heterocycles. The number of rotatable bonds is 7. The standard InChI is InChI=1S/C23H21FN2O4/c1-30-20-7-3-5-16(12-21(27)28)22(20)26-23(29)17-6-2-4-15(10-17)18-8-14(13-25)9-19(24)11-18/h2-11H,12-13,25H2,1H3,(H,26,29)(H,27,28). The number of nitrogens with one attached hydrogen (secondary N) is 1. The molecule has 0 fully saturated rings. The highest BCUT2D eigenvalue weighted by molar-refractivity contribution is 6.06. The van der Waals surface area contributed by atoms with E-state index in [9.17, 15) is 14.0 Å². The minimum Gasteiger partial charge on any atom is -0.495 e. The molecule has 0 heterocycles. The van der Waals surface area contributed by atoms with Crippen molar-refractivity contribution < 1.29 is 23.8 Å². The van der Waals surface area contributed by atoms with Crippen LogP contribution in [0.5, 0.6) is 5.75 Å². The molecule has 7 heteroatoms. The molecular weight excluding hydrogens is 387 g/mol. The number of hydrogen-bond acceptors (Lipinski definition) is 4. The molecular formula is C23H21FN2O4. The fourth-order valence-corrected chi connectivity index (χ4v) is 3.16. The van der Waals surface area contributed by atoms with Gasteiger partial charge in [-0.15, -0.1) is 0 Å². The Morgan fingerprint density at radius 3 is 2.53 bits per heavy atom. The number of halogens is 1. The number of benzene rings is 3. The maximum Gasteiger partial charge on any atom is 0.307 e. The molecule has 30 heavy (non-hydrogen) atoms. The molecule has 0 bridgehead atoms. The van der Waals surface area contributed by atoms with Gasteiger partial charge in [0.1, 0.15) is 11.6 Å². The molecule has 0 radical (unpaired) electrons. The number of anilines is 1. The molecule has 3 aromatic carbocycles. The summed E-state index contributed by atoms with van der Waals surface area (Å²) in [5.74, 6) is -1.52. The normalized spacial score (nSPS) is 10.5. The molecule has 4 N–H and O–H groups in total. The summed E-state index contributed by atoms with van der Waals surface area (Å²) in [5.41, 5.74) is 8.58. The summed E-state index contributed by atoms with van der Waals surface area (Å²) >= 11 is 0. The highest BCUT2D eigenvalue weighted by atomic mass is 19.1. The Morgan fingerprint density at radius 2 is 1.83 bits per heavy atom. The van der Waals surface area contributed by atoms with E-state index < -0.39 is 17.7 Å². The van der Waals surface area contributed by atoms with Crippen molar-refractivity contribution in [3.63, 3.8) is 0 Å². The number of nitrogens with two attached hydrogens (primary N) is 1. The summed E-state index contributed by atoms with van der Waals surface area (Å²) in [6, 6.07) is 16.1. The monoisotopic (exact) mass is 408 g/mol. The summed E-state index contributed by atoms with van der Waals surface area (Å²) in [5, 5.41) is 11.9. The SMILES string of the molecule is COc1cccc(CC(=O)O)c1NC(=O)c1cccc(-c2cc(F)cc(CN)c2)c1. The highest BCUT2D eigenvalue weighted by Gasteiger charge is 2.16. The molecule has 0 saturated carbocycles. The lowest BCUT2D eigenvalue weighted by atomic mass is 10.0. The number of para-hydroxylation sites is 1. The zero-order valence-electron chi connectivity index (χ0n) is 16.3. The molecule has 0 spiro atoms. The summed E-state index contributed by atoms with van der Waals surface area (Å²) < 4.78 is 19.2. The number of ether oxygens (including phenoxy) is 1. The third kappa shape index (κ3) is 4.82. The van der Waals surface area contributed by atoms with Crippen molar-refractivity contribution in [2.45, 2.75) is 13.0 Å². The molecule has 3 aromatic rings. The Labute approximate surface area is 173 Å². The zero-order chi connectivity index (χ0) is 21.7. The van der Waals surface area contributed by atoms with Crippen LogP contribution in [0.2, 0.25) is 0 Å². The predicted octanol–water partition coefficient (Wildman–Crippen LogP) is 3.84. The van der Waals surface area contributed by atoms with Crippen LogP contribution in [-0.4, -0.2) is 24.1 Å². The Bertz CT molecular complexity index is 1100. The number of carboxylic acids is 1.